The average Bonchev–Trinajstić information content (AvgIpc) is 3.33. The summed E-state index contributed by atoms with van der Waals surface area (Å²) in [5.74, 6) is 3.74. The largest absolute Gasteiger partial charge is 0.457 e. The van der Waals surface area contributed by atoms with Crippen LogP contribution in [0.25, 0.3) is 5.69 Å². The number of pyridine rings is 1. The Morgan fingerprint density at radius 3 is 2.40 bits per heavy atom. The monoisotopic (exact) mass is 557 g/mol. The number of ether oxygens (including phenoxy) is 2. The van der Waals surface area contributed by atoms with Crippen LogP contribution >= 0.6 is 11.8 Å². The molecule has 2 aromatic carbocycles. The third-order valence-corrected chi connectivity index (χ3v) is 8.20. The van der Waals surface area contributed by atoms with Crippen molar-refractivity contribution in [2.75, 3.05) is 35.9 Å². The van der Waals surface area contributed by atoms with Crippen LogP contribution in [0.5, 0.6) is 11.5 Å². The fourth-order valence-electron chi connectivity index (χ4n) is 4.24. The molecule has 1 fully saturated rings. The van der Waals surface area contributed by atoms with E-state index in [9.17, 15) is 9.59 Å². The molecule has 206 valence electrons. The molecule has 0 saturated carbocycles. The molecule has 0 spiro atoms. The van der Waals surface area contributed by atoms with E-state index >= 15 is 0 Å². The topological polar surface area (TPSA) is 107 Å². The van der Waals surface area contributed by atoms with E-state index in [0.717, 1.165) is 34.0 Å². The Morgan fingerprint density at radius 1 is 0.975 bits per heavy atom. The summed E-state index contributed by atoms with van der Waals surface area (Å²) in [6, 6.07) is 20.7. The second kappa shape index (κ2) is 11.9. The number of aromatic nitrogens is 3. The van der Waals surface area contributed by atoms with Crippen molar-refractivity contribution in [1.82, 2.24) is 14.8 Å². The van der Waals surface area contributed by atoms with Crippen molar-refractivity contribution in [3.63, 3.8) is 0 Å². The van der Waals surface area contributed by atoms with Gasteiger partial charge in [0.05, 0.1) is 17.8 Å². The number of nitrogens with zero attached hydrogens (tertiary/aromatic N) is 3. The van der Waals surface area contributed by atoms with Crippen molar-refractivity contribution in [1.29, 1.82) is 0 Å². The predicted molar refractivity (Wildman–Crippen MR) is 157 cm³/mol. The second-order valence-electron chi connectivity index (χ2n) is 10.0. The summed E-state index contributed by atoms with van der Waals surface area (Å²) >= 11 is 1.90. The summed E-state index contributed by atoms with van der Waals surface area (Å²) in [6.07, 6.45) is 1.75. The smallest absolute Gasteiger partial charge is 0.251 e. The van der Waals surface area contributed by atoms with Gasteiger partial charge in [0, 0.05) is 42.4 Å². The van der Waals surface area contributed by atoms with Gasteiger partial charge in [-0.3, -0.25) is 9.59 Å². The minimum absolute atomic E-state index is 0.0149. The molecule has 2 aromatic heterocycles. The van der Waals surface area contributed by atoms with E-state index in [1.165, 1.54) is 7.11 Å². The van der Waals surface area contributed by atoms with Gasteiger partial charge in [-0.2, -0.15) is 16.9 Å². The first-order valence-corrected chi connectivity index (χ1v) is 14.0. The van der Waals surface area contributed by atoms with Crippen LogP contribution in [0.1, 0.15) is 23.7 Å². The lowest BCUT2D eigenvalue weighted by Crippen LogP contribution is -2.37. The van der Waals surface area contributed by atoms with Crippen LogP contribution in [-0.4, -0.2) is 51.8 Å². The number of benzene rings is 2. The Bertz CT molecular complexity index is 1500. The number of nitrogens with one attached hydrogen (secondary N) is 2. The molecule has 0 aliphatic carbocycles. The van der Waals surface area contributed by atoms with Crippen LogP contribution in [0.3, 0.4) is 0 Å². The lowest BCUT2D eigenvalue weighted by molar-refractivity contribution is -0.119. The van der Waals surface area contributed by atoms with Crippen molar-refractivity contribution < 1.29 is 19.1 Å². The van der Waals surface area contributed by atoms with Gasteiger partial charge in [-0.15, -0.1) is 0 Å². The summed E-state index contributed by atoms with van der Waals surface area (Å²) in [5.41, 5.74) is 3.91. The van der Waals surface area contributed by atoms with Gasteiger partial charge in [0.25, 0.3) is 5.91 Å². The molecule has 0 radical (unpaired) electrons. The molecule has 0 unspecified atom stereocenters. The van der Waals surface area contributed by atoms with Gasteiger partial charge in [0.15, 0.2) is 0 Å². The van der Waals surface area contributed by atoms with Crippen molar-refractivity contribution in [2.45, 2.75) is 25.7 Å². The number of carbonyl (C=O) groups is 2. The number of hydrogen-bond donors (Lipinski definition) is 2. The molecule has 40 heavy (non-hydrogen) atoms. The van der Waals surface area contributed by atoms with Crippen LogP contribution in [-0.2, 0) is 26.2 Å². The average molecular weight is 558 g/mol. The summed E-state index contributed by atoms with van der Waals surface area (Å²) in [6.45, 7) is 4.20. The summed E-state index contributed by atoms with van der Waals surface area (Å²) in [4.78, 5) is 28.9. The van der Waals surface area contributed by atoms with E-state index in [0.29, 0.717) is 23.1 Å². The van der Waals surface area contributed by atoms with Crippen molar-refractivity contribution in [3.8, 4) is 17.2 Å². The number of rotatable bonds is 10. The molecule has 10 heteroatoms. The van der Waals surface area contributed by atoms with Crippen molar-refractivity contribution in [3.05, 3.63) is 89.7 Å². The highest BCUT2D eigenvalue weighted by Crippen LogP contribution is 2.41. The van der Waals surface area contributed by atoms with Crippen LogP contribution in [0.4, 0.5) is 11.6 Å². The second-order valence-corrected chi connectivity index (χ2v) is 11.0. The lowest BCUT2D eigenvalue weighted by atomic mass is 9.91. The normalized spacial score (nSPS) is 13.8. The first-order valence-electron chi connectivity index (χ1n) is 12.9. The Labute approximate surface area is 237 Å². The Hall–Kier alpha value is -4.15. The number of hydrogen-bond acceptors (Lipinski definition) is 7. The van der Waals surface area contributed by atoms with Crippen LogP contribution in [0.15, 0.2) is 72.9 Å². The maximum absolute atomic E-state index is 13.1. The fourth-order valence-corrected chi connectivity index (χ4v) is 5.35. The predicted octanol–water partition coefficient (Wildman–Crippen LogP) is 5.14. The molecule has 3 heterocycles. The van der Waals surface area contributed by atoms with Gasteiger partial charge in [0.1, 0.15) is 29.7 Å². The maximum Gasteiger partial charge on any atom is 0.251 e. The standard InChI is InChI=1S/C30H31N5O4S/c1-20-4-8-22(9-5-20)35-27(16-25(34-35)30(2)18-40-19-30)33-28(36)14-21-6-10-23(11-7-21)39-24-12-13-31-26(15-24)32-29(37)17-38-3/h4-13,15-16H,14,17-19H2,1-3H3,(H,33,36)(H,31,32,37). The maximum atomic E-state index is 13.1. The quantitative estimate of drug-likeness (QED) is 0.278. The number of amides is 2. The zero-order valence-electron chi connectivity index (χ0n) is 22.6. The van der Waals surface area contributed by atoms with Crippen LogP contribution in [0.2, 0.25) is 0 Å². The molecule has 4 aromatic rings. The van der Waals surface area contributed by atoms with Gasteiger partial charge in [-0.05, 0) is 42.8 Å². The minimum Gasteiger partial charge on any atom is -0.457 e. The molecule has 1 saturated heterocycles. The molecular weight excluding hydrogens is 526 g/mol. The van der Waals surface area contributed by atoms with Gasteiger partial charge in [-0.1, -0.05) is 36.8 Å². The number of anilines is 2. The molecule has 2 amide bonds. The third-order valence-electron chi connectivity index (χ3n) is 6.51. The van der Waals surface area contributed by atoms with E-state index in [4.69, 9.17) is 14.6 Å². The zero-order chi connectivity index (χ0) is 28.1. The van der Waals surface area contributed by atoms with Crippen LogP contribution < -0.4 is 15.4 Å². The minimum atomic E-state index is -0.302. The first-order chi connectivity index (χ1) is 19.3. The zero-order valence-corrected chi connectivity index (χ0v) is 23.5. The molecule has 9 nitrogen and oxygen atoms in total. The number of methoxy groups -OCH3 is 1. The molecule has 1 aliphatic rings. The number of carbonyl (C=O) groups excluding carboxylic acids is 2. The molecule has 1 aliphatic heterocycles. The summed E-state index contributed by atoms with van der Waals surface area (Å²) in [7, 11) is 1.45. The number of aryl methyl sites for hydroxylation is 1. The van der Waals surface area contributed by atoms with E-state index in [1.807, 2.05) is 65.8 Å². The molecule has 2 N–H and O–H groups in total. The lowest BCUT2D eigenvalue weighted by Gasteiger charge is -2.35. The van der Waals surface area contributed by atoms with E-state index in [1.54, 1.807) is 30.5 Å². The van der Waals surface area contributed by atoms with Gasteiger partial charge < -0.3 is 20.1 Å². The highest BCUT2D eigenvalue weighted by molar-refractivity contribution is 8.00. The Balaban J connectivity index is 1.24. The van der Waals surface area contributed by atoms with Crippen molar-refractivity contribution in [2.24, 2.45) is 0 Å². The third kappa shape index (κ3) is 6.52. The van der Waals surface area contributed by atoms with Gasteiger partial charge >= 0.3 is 0 Å². The summed E-state index contributed by atoms with van der Waals surface area (Å²) in [5, 5.41) is 10.6. The molecule has 5 rings (SSSR count). The Kier molecular flexibility index (Phi) is 8.18. The molecule has 0 bridgehead atoms. The number of thioether (sulfide) groups is 1. The SMILES string of the molecule is COCC(=O)Nc1cc(Oc2ccc(CC(=O)Nc3cc(C4(C)CSC4)nn3-c3ccc(C)cc3)cc2)ccn1. The highest BCUT2D eigenvalue weighted by atomic mass is 32.2. The van der Waals surface area contributed by atoms with Crippen molar-refractivity contribution >= 4 is 35.2 Å². The Morgan fingerprint density at radius 2 is 1.73 bits per heavy atom. The first kappa shape index (κ1) is 27.4. The van der Waals surface area contributed by atoms with E-state index < -0.39 is 0 Å². The fraction of sp³-hybridized carbons (Fsp3) is 0.267. The molecular formula is C30H31N5O4S. The summed E-state index contributed by atoms with van der Waals surface area (Å²) < 4.78 is 12.5. The van der Waals surface area contributed by atoms with Crippen LogP contribution in [0, 0.1) is 6.92 Å². The van der Waals surface area contributed by atoms with Gasteiger partial charge in [0.2, 0.25) is 5.91 Å². The van der Waals surface area contributed by atoms with E-state index in [-0.39, 0.29) is 30.3 Å². The van der Waals surface area contributed by atoms with E-state index in [2.05, 4.69) is 22.5 Å². The highest BCUT2D eigenvalue weighted by Gasteiger charge is 2.37. The molecule has 0 atom stereocenters. The van der Waals surface area contributed by atoms with Gasteiger partial charge in [-0.25, -0.2) is 9.67 Å².